The van der Waals surface area contributed by atoms with Crippen LogP contribution in [0.15, 0.2) is 24.3 Å². The number of thiol groups is 1. The summed E-state index contributed by atoms with van der Waals surface area (Å²) >= 11 is -0.334. The van der Waals surface area contributed by atoms with Crippen LogP contribution in [-0.4, -0.2) is 10.5 Å². The highest BCUT2D eigenvalue weighted by molar-refractivity contribution is 7.63. The fourth-order valence-corrected chi connectivity index (χ4v) is 2.03. The van der Waals surface area contributed by atoms with Gasteiger partial charge in [-0.2, -0.15) is 0 Å². The Morgan fingerprint density at radius 1 is 1.50 bits per heavy atom. The van der Waals surface area contributed by atoms with Gasteiger partial charge < -0.3 is 4.79 Å². The molecule has 2 atom stereocenters. The van der Waals surface area contributed by atoms with Crippen LogP contribution in [0.4, 0.5) is 4.39 Å². The summed E-state index contributed by atoms with van der Waals surface area (Å²) in [4.78, 5) is 10.8. The third-order valence-electron chi connectivity index (χ3n) is 2.83. The molecule has 1 N–H and O–H groups in total. The number of rotatable bonds is 5. The van der Waals surface area contributed by atoms with E-state index in [0.717, 1.165) is 0 Å². The summed E-state index contributed by atoms with van der Waals surface area (Å²) < 4.78 is 26.9. The van der Waals surface area contributed by atoms with Crippen LogP contribution in [0.1, 0.15) is 19.4 Å². The molecular weight excluding hydrogens is 229 g/mol. The monoisotopic (exact) mass is 243 g/mol. The van der Waals surface area contributed by atoms with Crippen molar-refractivity contribution >= 4 is 18.1 Å². The Bertz CT molecular complexity index is 399. The van der Waals surface area contributed by atoms with E-state index in [1.54, 1.807) is 32.0 Å². The molecule has 88 valence electrons. The molecule has 1 rings (SSSR count). The number of carbonyl (C=O) groups excluding carboxylic acids is 1. The van der Waals surface area contributed by atoms with Gasteiger partial charge in [0.1, 0.15) is 12.1 Å². The zero-order valence-electron chi connectivity index (χ0n) is 9.11. The summed E-state index contributed by atoms with van der Waals surface area (Å²) in [5, 5.41) is 0. The van der Waals surface area contributed by atoms with Crippen molar-refractivity contribution in [2.75, 3.05) is 0 Å². The standard InChI is InChI=1S/C11H14FNO2S/c1-8(7-14)11(2,13-16-15)9-5-3-4-6-10(9)12/h3-8,16H,1-2H3,(H,13,15). The SMILES string of the molecule is CC(C=O)C(C)(N[SH]=O)c1ccccc1F. The van der Waals surface area contributed by atoms with Crippen LogP contribution < -0.4 is 4.72 Å². The zero-order chi connectivity index (χ0) is 12.2. The molecule has 0 radical (unpaired) electrons. The van der Waals surface area contributed by atoms with E-state index in [1.807, 2.05) is 0 Å². The molecule has 0 fully saturated rings. The molecule has 0 amide bonds. The van der Waals surface area contributed by atoms with Gasteiger partial charge in [-0.05, 0) is 13.0 Å². The predicted molar refractivity (Wildman–Crippen MR) is 61.7 cm³/mol. The van der Waals surface area contributed by atoms with Crippen molar-refractivity contribution in [2.45, 2.75) is 19.4 Å². The largest absolute Gasteiger partial charge is 0.303 e. The normalized spacial score (nSPS) is 16.4. The Labute approximate surface area is 97.7 Å². The second-order valence-electron chi connectivity index (χ2n) is 3.81. The summed E-state index contributed by atoms with van der Waals surface area (Å²) in [6.45, 7) is 3.30. The van der Waals surface area contributed by atoms with Gasteiger partial charge in [-0.1, -0.05) is 25.1 Å². The van der Waals surface area contributed by atoms with E-state index >= 15 is 0 Å². The molecule has 0 aliphatic rings. The summed E-state index contributed by atoms with van der Waals surface area (Å²) in [6.07, 6.45) is 0.713. The number of benzene rings is 1. The summed E-state index contributed by atoms with van der Waals surface area (Å²) in [5.74, 6) is -0.916. The fraction of sp³-hybridized carbons (Fsp3) is 0.364. The zero-order valence-corrected chi connectivity index (χ0v) is 10.0. The Balaban J connectivity index is 3.26. The molecule has 0 saturated carbocycles. The third-order valence-corrected chi connectivity index (χ3v) is 3.38. The van der Waals surface area contributed by atoms with Crippen LogP contribution in [0.5, 0.6) is 0 Å². The van der Waals surface area contributed by atoms with Gasteiger partial charge in [-0.3, -0.25) is 0 Å². The number of hydrogen-bond acceptors (Lipinski definition) is 2. The van der Waals surface area contributed by atoms with Crippen molar-refractivity contribution in [1.29, 1.82) is 0 Å². The van der Waals surface area contributed by atoms with Gasteiger partial charge in [0.2, 0.25) is 0 Å². The predicted octanol–water partition coefficient (Wildman–Crippen LogP) is 1.33. The van der Waals surface area contributed by atoms with Crippen molar-refractivity contribution in [3.63, 3.8) is 0 Å². The highest BCUT2D eigenvalue weighted by atomic mass is 32.2. The Hall–Kier alpha value is -1.07. The maximum absolute atomic E-state index is 13.6. The lowest BCUT2D eigenvalue weighted by atomic mass is 9.82. The van der Waals surface area contributed by atoms with Gasteiger partial charge in [0.15, 0.2) is 0 Å². The van der Waals surface area contributed by atoms with Gasteiger partial charge in [-0.25, -0.2) is 13.3 Å². The van der Waals surface area contributed by atoms with E-state index in [2.05, 4.69) is 4.72 Å². The number of aldehydes is 1. The third kappa shape index (κ3) is 2.36. The second-order valence-corrected chi connectivity index (χ2v) is 4.22. The van der Waals surface area contributed by atoms with Crippen molar-refractivity contribution in [1.82, 2.24) is 4.72 Å². The van der Waals surface area contributed by atoms with Gasteiger partial charge >= 0.3 is 0 Å². The van der Waals surface area contributed by atoms with Crippen molar-refractivity contribution < 1.29 is 13.4 Å². The van der Waals surface area contributed by atoms with Gasteiger partial charge in [0.25, 0.3) is 0 Å². The summed E-state index contributed by atoms with van der Waals surface area (Å²) in [7, 11) is 0. The summed E-state index contributed by atoms with van der Waals surface area (Å²) in [5.41, 5.74) is -0.644. The van der Waals surface area contributed by atoms with Crippen molar-refractivity contribution in [2.24, 2.45) is 5.92 Å². The summed E-state index contributed by atoms with van der Waals surface area (Å²) in [6, 6.07) is 6.14. The molecule has 2 unspecified atom stereocenters. The number of hydrogen-bond donors (Lipinski definition) is 2. The maximum atomic E-state index is 13.6. The van der Waals surface area contributed by atoms with Crippen LogP contribution in [0.25, 0.3) is 0 Å². The Morgan fingerprint density at radius 3 is 2.62 bits per heavy atom. The molecular formula is C11H14FNO2S. The lowest BCUT2D eigenvalue weighted by Crippen LogP contribution is -2.44. The Kier molecular flexibility index (Phi) is 4.32. The topological polar surface area (TPSA) is 46.2 Å². The first-order valence-corrected chi connectivity index (χ1v) is 5.67. The van der Waals surface area contributed by atoms with Gasteiger partial charge in [0.05, 0.1) is 17.4 Å². The molecule has 1 aromatic rings. The average Bonchev–Trinajstić information content (AvgIpc) is 2.28. The van der Waals surface area contributed by atoms with Crippen LogP contribution in [0, 0.1) is 11.7 Å². The minimum absolute atomic E-state index is 0.331. The highest BCUT2D eigenvalue weighted by Crippen LogP contribution is 2.29. The van der Waals surface area contributed by atoms with Crippen LogP contribution in [-0.2, 0) is 22.2 Å². The second kappa shape index (κ2) is 5.32. The molecule has 0 aliphatic heterocycles. The van der Waals surface area contributed by atoms with Crippen molar-refractivity contribution in [3.05, 3.63) is 35.6 Å². The van der Waals surface area contributed by atoms with E-state index in [-0.39, 0.29) is 11.9 Å². The van der Waals surface area contributed by atoms with Gasteiger partial charge in [0, 0.05) is 11.5 Å². The molecule has 1 aromatic carbocycles. The van der Waals surface area contributed by atoms with Crippen LogP contribution in [0.2, 0.25) is 0 Å². The minimum Gasteiger partial charge on any atom is -0.303 e. The maximum Gasteiger partial charge on any atom is 0.128 e. The number of carbonyl (C=O) groups is 1. The Morgan fingerprint density at radius 2 is 2.12 bits per heavy atom. The van der Waals surface area contributed by atoms with E-state index in [1.165, 1.54) is 6.07 Å². The lowest BCUT2D eigenvalue weighted by Gasteiger charge is -2.32. The lowest BCUT2D eigenvalue weighted by molar-refractivity contribution is -0.112. The van der Waals surface area contributed by atoms with Crippen molar-refractivity contribution in [3.8, 4) is 0 Å². The minimum atomic E-state index is -0.976. The van der Waals surface area contributed by atoms with E-state index < -0.39 is 17.3 Å². The molecule has 0 aliphatic carbocycles. The van der Waals surface area contributed by atoms with Crippen LogP contribution >= 0.6 is 0 Å². The molecule has 0 saturated heterocycles. The molecule has 3 nitrogen and oxygen atoms in total. The number of halogens is 1. The molecule has 16 heavy (non-hydrogen) atoms. The van der Waals surface area contributed by atoms with E-state index in [9.17, 15) is 13.4 Å². The quantitative estimate of drug-likeness (QED) is 0.605. The first-order chi connectivity index (χ1) is 7.56. The van der Waals surface area contributed by atoms with E-state index in [0.29, 0.717) is 11.8 Å². The molecule has 0 spiro atoms. The highest BCUT2D eigenvalue weighted by Gasteiger charge is 2.34. The molecule has 0 aromatic heterocycles. The average molecular weight is 243 g/mol. The first kappa shape index (κ1) is 13.0. The molecule has 0 heterocycles. The van der Waals surface area contributed by atoms with Gasteiger partial charge in [-0.15, -0.1) is 0 Å². The molecule has 5 heteroatoms. The van der Waals surface area contributed by atoms with Crippen LogP contribution in [0.3, 0.4) is 0 Å². The van der Waals surface area contributed by atoms with E-state index in [4.69, 9.17) is 0 Å². The number of nitrogens with one attached hydrogen (secondary N) is 1. The smallest absolute Gasteiger partial charge is 0.128 e. The first-order valence-electron chi connectivity index (χ1n) is 4.86. The molecule has 0 bridgehead atoms. The fourth-order valence-electron chi connectivity index (χ4n) is 1.52.